The summed E-state index contributed by atoms with van der Waals surface area (Å²) >= 11 is 0. The van der Waals surface area contributed by atoms with E-state index < -0.39 is 97.5 Å². The number of phosphoric acid groups is 2. The van der Waals surface area contributed by atoms with Crippen LogP contribution in [-0.2, 0) is 65.4 Å². The van der Waals surface area contributed by atoms with Crippen LogP contribution in [0.3, 0.4) is 0 Å². The molecule has 17 nitrogen and oxygen atoms in total. The molecule has 0 saturated carbocycles. The first-order valence-electron chi connectivity index (χ1n) is 44.4. The van der Waals surface area contributed by atoms with E-state index >= 15 is 0 Å². The predicted octanol–water partition coefficient (Wildman–Crippen LogP) is 26.1. The maximum Gasteiger partial charge on any atom is 0.472 e. The SMILES string of the molecule is CCCCCCCCCCCCCCCCCCCC(=O)O[C@H](COC(=O)CCCCCCCCC(C)C)COP(=O)(O)OC[C@H](O)COP(=O)(O)OC[C@@H](COC(=O)CCCCCCCCCCCCCCCCC(C)C)OC(=O)CCCCCCCCCCCCCCCCCCCCC(C)CC. The average molecular weight is 1540 g/mol. The third-order valence-electron chi connectivity index (χ3n) is 20.5. The van der Waals surface area contributed by atoms with E-state index in [1.54, 1.807) is 0 Å². The number of carbonyl (C=O) groups excluding carboxylic acids is 4. The molecule has 0 radical (unpaired) electrons. The molecule has 0 aromatic rings. The van der Waals surface area contributed by atoms with Gasteiger partial charge in [0, 0.05) is 25.7 Å². The summed E-state index contributed by atoms with van der Waals surface area (Å²) in [5.41, 5.74) is 0. The zero-order valence-electron chi connectivity index (χ0n) is 69.2. The van der Waals surface area contributed by atoms with E-state index in [9.17, 15) is 43.2 Å². The lowest BCUT2D eigenvalue weighted by Crippen LogP contribution is -2.30. The number of aliphatic hydroxyl groups is 1. The Bertz CT molecular complexity index is 2030. The van der Waals surface area contributed by atoms with Gasteiger partial charge in [0.05, 0.1) is 26.4 Å². The number of esters is 4. The fraction of sp³-hybridized carbons (Fsp3) is 0.953. The van der Waals surface area contributed by atoms with Crippen LogP contribution >= 0.6 is 15.6 Å². The van der Waals surface area contributed by atoms with E-state index in [4.69, 9.17) is 37.0 Å². The molecule has 0 heterocycles. The highest BCUT2D eigenvalue weighted by molar-refractivity contribution is 7.47. The Morgan fingerprint density at radius 2 is 0.486 bits per heavy atom. The molecule has 0 amide bonds. The molecular formula is C86H168O17P2. The summed E-state index contributed by atoms with van der Waals surface area (Å²) in [6.45, 7) is 12.0. The lowest BCUT2D eigenvalue weighted by Gasteiger charge is -2.21. The van der Waals surface area contributed by atoms with Crippen LogP contribution in [0.2, 0.25) is 0 Å². The van der Waals surface area contributed by atoms with Crippen molar-refractivity contribution in [2.24, 2.45) is 17.8 Å². The smallest absolute Gasteiger partial charge is 0.462 e. The quantitative estimate of drug-likeness (QED) is 0.0222. The highest BCUT2D eigenvalue weighted by Crippen LogP contribution is 2.45. The minimum Gasteiger partial charge on any atom is -0.462 e. The molecule has 0 aliphatic carbocycles. The number of unbranched alkanes of at least 4 members (excludes halogenated alkanes) is 51. The van der Waals surface area contributed by atoms with Crippen molar-refractivity contribution in [1.82, 2.24) is 0 Å². The molecule has 105 heavy (non-hydrogen) atoms. The Morgan fingerprint density at radius 3 is 0.724 bits per heavy atom. The number of hydrogen-bond donors (Lipinski definition) is 3. The summed E-state index contributed by atoms with van der Waals surface area (Å²) in [4.78, 5) is 73.2. The van der Waals surface area contributed by atoms with Crippen molar-refractivity contribution in [3.05, 3.63) is 0 Å². The number of hydrogen-bond acceptors (Lipinski definition) is 15. The number of aliphatic hydroxyl groups excluding tert-OH is 1. The van der Waals surface area contributed by atoms with Gasteiger partial charge in [-0.05, 0) is 43.4 Å². The Kier molecular flexibility index (Phi) is 74.7. The minimum atomic E-state index is -4.97. The molecule has 0 aliphatic heterocycles. The largest absolute Gasteiger partial charge is 0.472 e. The monoisotopic (exact) mass is 1540 g/mol. The molecule has 3 N–H and O–H groups in total. The molecule has 3 unspecified atom stereocenters. The molecule has 19 heteroatoms. The molecule has 0 fully saturated rings. The van der Waals surface area contributed by atoms with Gasteiger partial charge >= 0.3 is 39.5 Å². The molecule has 0 bridgehead atoms. The number of ether oxygens (including phenoxy) is 4. The first kappa shape index (κ1) is 103. The van der Waals surface area contributed by atoms with E-state index in [-0.39, 0.29) is 25.7 Å². The van der Waals surface area contributed by atoms with Crippen molar-refractivity contribution in [3.63, 3.8) is 0 Å². The van der Waals surface area contributed by atoms with Crippen molar-refractivity contribution in [2.75, 3.05) is 39.6 Å². The second-order valence-electron chi connectivity index (χ2n) is 32.1. The van der Waals surface area contributed by atoms with Crippen LogP contribution in [-0.4, -0.2) is 96.7 Å². The van der Waals surface area contributed by atoms with Gasteiger partial charge in [0.15, 0.2) is 12.2 Å². The van der Waals surface area contributed by atoms with Crippen molar-refractivity contribution >= 4 is 39.5 Å². The normalized spacial score (nSPS) is 14.1. The van der Waals surface area contributed by atoms with E-state index in [1.807, 2.05) is 0 Å². The van der Waals surface area contributed by atoms with E-state index in [2.05, 4.69) is 48.5 Å². The van der Waals surface area contributed by atoms with Gasteiger partial charge in [-0.2, -0.15) is 0 Å². The fourth-order valence-electron chi connectivity index (χ4n) is 13.3. The molecule has 0 aromatic heterocycles. The van der Waals surface area contributed by atoms with Gasteiger partial charge in [-0.3, -0.25) is 37.3 Å². The Labute approximate surface area is 645 Å². The fourth-order valence-corrected chi connectivity index (χ4v) is 14.9. The zero-order valence-corrected chi connectivity index (χ0v) is 71.0. The first-order chi connectivity index (χ1) is 50.8. The summed E-state index contributed by atoms with van der Waals surface area (Å²) in [6.07, 6.45) is 66.8. The Hall–Kier alpha value is -1.94. The van der Waals surface area contributed by atoms with Gasteiger partial charge in [-0.1, -0.05) is 402 Å². The maximum absolute atomic E-state index is 13.1. The lowest BCUT2D eigenvalue weighted by molar-refractivity contribution is -0.161. The zero-order chi connectivity index (χ0) is 77.2. The van der Waals surface area contributed by atoms with Crippen LogP contribution in [0.15, 0.2) is 0 Å². The van der Waals surface area contributed by atoms with Crippen molar-refractivity contribution in [2.45, 2.75) is 471 Å². The van der Waals surface area contributed by atoms with E-state index in [0.717, 1.165) is 108 Å². The summed E-state index contributed by atoms with van der Waals surface area (Å²) in [6, 6.07) is 0. The average Bonchev–Trinajstić information content (AvgIpc) is 0.919. The van der Waals surface area contributed by atoms with Crippen LogP contribution in [0.4, 0.5) is 0 Å². The van der Waals surface area contributed by atoms with Gasteiger partial charge in [0.25, 0.3) is 0 Å². The molecule has 0 saturated heterocycles. The highest BCUT2D eigenvalue weighted by atomic mass is 31.2. The van der Waals surface area contributed by atoms with Crippen molar-refractivity contribution in [1.29, 1.82) is 0 Å². The summed E-state index contributed by atoms with van der Waals surface area (Å²) in [7, 11) is -9.93. The van der Waals surface area contributed by atoms with Crippen LogP contribution in [0.5, 0.6) is 0 Å². The second-order valence-corrected chi connectivity index (χ2v) is 35.0. The first-order valence-corrected chi connectivity index (χ1v) is 47.4. The van der Waals surface area contributed by atoms with Gasteiger partial charge in [-0.25, -0.2) is 9.13 Å². The third-order valence-corrected chi connectivity index (χ3v) is 22.4. The minimum absolute atomic E-state index is 0.107. The lowest BCUT2D eigenvalue weighted by atomic mass is 9.99. The molecule has 0 aliphatic rings. The standard InChI is InChI=1S/C86H168O17P2/c1-8-10-11-12-13-14-15-16-17-20-24-31-36-41-46-55-63-70-86(91)103-82(74-97-84(89)68-61-54-49-48-51-58-65-78(5)6)76-101-105(94,95)99-72-80(87)71-98-104(92,93)100-75-81(73-96-83(88)67-60-53-45-40-35-30-27-26-28-33-38-43-50-57-64-77(3)4)102-85(90)69-62-56-47-42-37-32-25-22-19-18-21-23-29-34-39-44-52-59-66-79(7)9-2/h77-82,87H,8-76H2,1-7H3,(H,92,93)(H,94,95)/t79?,80-,81-,82-/m1/s1. The number of carbonyl (C=O) groups is 4. The van der Waals surface area contributed by atoms with Crippen LogP contribution in [0.1, 0.15) is 453 Å². The summed E-state index contributed by atoms with van der Waals surface area (Å²) in [5.74, 6) is 0.243. The number of phosphoric ester groups is 2. The maximum atomic E-state index is 13.1. The molecule has 0 rings (SSSR count). The van der Waals surface area contributed by atoms with Gasteiger partial charge < -0.3 is 33.8 Å². The molecule has 624 valence electrons. The van der Waals surface area contributed by atoms with Gasteiger partial charge in [-0.15, -0.1) is 0 Å². The summed E-state index contributed by atoms with van der Waals surface area (Å²) < 4.78 is 68.8. The molecule has 6 atom stereocenters. The molecule has 0 spiro atoms. The number of rotatable bonds is 84. The predicted molar refractivity (Wildman–Crippen MR) is 432 cm³/mol. The third kappa shape index (κ3) is 78.5. The van der Waals surface area contributed by atoms with E-state index in [0.29, 0.717) is 31.6 Å². The van der Waals surface area contributed by atoms with Crippen molar-refractivity contribution in [3.8, 4) is 0 Å². The highest BCUT2D eigenvalue weighted by Gasteiger charge is 2.30. The van der Waals surface area contributed by atoms with E-state index in [1.165, 1.54) is 257 Å². The van der Waals surface area contributed by atoms with Crippen LogP contribution < -0.4 is 0 Å². The Balaban J connectivity index is 5.21. The molecular weight excluding hydrogens is 1370 g/mol. The van der Waals surface area contributed by atoms with Crippen LogP contribution in [0, 0.1) is 17.8 Å². The topological polar surface area (TPSA) is 237 Å². The summed E-state index contributed by atoms with van der Waals surface area (Å²) in [5, 5.41) is 10.7. The van der Waals surface area contributed by atoms with Crippen LogP contribution in [0.25, 0.3) is 0 Å². The second kappa shape index (κ2) is 76.1. The van der Waals surface area contributed by atoms with Crippen molar-refractivity contribution < 1.29 is 80.2 Å². The van der Waals surface area contributed by atoms with Gasteiger partial charge in [0.2, 0.25) is 0 Å². The Morgan fingerprint density at radius 1 is 0.276 bits per heavy atom. The molecule has 0 aromatic carbocycles. The van der Waals surface area contributed by atoms with Gasteiger partial charge in [0.1, 0.15) is 19.3 Å².